The van der Waals surface area contributed by atoms with E-state index in [1.165, 1.54) is 13.2 Å². The number of halogens is 1. The number of epoxide rings is 1. The molecule has 0 spiro atoms. The molecule has 0 aliphatic carbocycles. The first-order valence-corrected chi connectivity index (χ1v) is 17.8. The van der Waals surface area contributed by atoms with E-state index in [2.05, 4.69) is 16.0 Å². The van der Waals surface area contributed by atoms with E-state index >= 15 is 0 Å². The molecule has 278 valence electrons. The fourth-order valence-electron chi connectivity index (χ4n) is 6.07. The second-order valence-corrected chi connectivity index (χ2v) is 15.8. The van der Waals surface area contributed by atoms with Gasteiger partial charge in [-0.1, -0.05) is 75.7 Å². The molecule has 3 amide bonds. The fraction of sp³-hybridized carbons (Fsp3) is 0.538. The van der Waals surface area contributed by atoms with Crippen LogP contribution in [0.25, 0.3) is 0 Å². The van der Waals surface area contributed by atoms with Gasteiger partial charge in [0.25, 0.3) is 0 Å². The lowest BCUT2D eigenvalue weighted by Crippen LogP contribution is -2.58. The number of rotatable bonds is 8. The van der Waals surface area contributed by atoms with Gasteiger partial charge in [-0.2, -0.15) is 0 Å². The van der Waals surface area contributed by atoms with Crippen molar-refractivity contribution in [3.05, 3.63) is 76.3 Å². The van der Waals surface area contributed by atoms with E-state index < -0.39 is 53.3 Å². The molecule has 11 nitrogen and oxygen atoms in total. The third-order valence-electron chi connectivity index (χ3n) is 9.75. The van der Waals surface area contributed by atoms with Gasteiger partial charge in [-0.15, -0.1) is 0 Å². The van der Waals surface area contributed by atoms with Crippen LogP contribution in [0.1, 0.15) is 84.1 Å². The molecule has 2 aromatic rings. The number of hydrogen-bond acceptors (Lipinski definition) is 8. The maximum Gasteiger partial charge on any atom is 0.328 e. The summed E-state index contributed by atoms with van der Waals surface area (Å²) in [6, 6.07) is 9.97. The number of benzene rings is 2. The van der Waals surface area contributed by atoms with Crippen LogP contribution in [-0.4, -0.2) is 66.2 Å². The van der Waals surface area contributed by atoms with Crippen molar-refractivity contribution in [3.63, 3.8) is 0 Å². The van der Waals surface area contributed by atoms with E-state index in [1.54, 1.807) is 45.0 Å². The first-order valence-electron chi connectivity index (χ1n) is 17.4. The number of aliphatic hydroxyl groups is 1. The standard InChI is InChI=1S/C39H52ClN3O8/c1-22(33-34(51-33)26-15-12-24(21-44)13-16-26)30-10-9-11-32(45)42-28(19-25-14-17-31(49-8)27(40)18-25)35(46)41-23(2)39(6,7)37(48)43-29(36(47)50-30)20-38(3,4)5/h9,11-18,22-23,28-30,33-34,44H,10,19-21H2,1-8H3,(H,41,46)(H,42,45)(H,43,48)/b11-9-/t22-,23-,28+,29-,30-,33+,34+/m0/s1. The molecule has 0 aromatic heterocycles. The molecule has 7 atom stereocenters. The van der Waals surface area contributed by atoms with Crippen LogP contribution in [0.3, 0.4) is 0 Å². The van der Waals surface area contributed by atoms with Crippen LogP contribution in [0.15, 0.2) is 54.6 Å². The third-order valence-corrected chi connectivity index (χ3v) is 10.0. The van der Waals surface area contributed by atoms with Crippen LogP contribution in [0, 0.1) is 16.7 Å². The molecule has 51 heavy (non-hydrogen) atoms. The number of cyclic esters (lactones) is 1. The van der Waals surface area contributed by atoms with Crippen LogP contribution in [-0.2, 0) is 41.7 Å². The zero-order valence-electron chi connectivity index (χ0n) is 30.7. The van der Waals surface area contributed by atoms with Crippen molar-refractivity contribution < 1.29 is 38.5 Å². The molecule has 2 aliphatic heterocycles. The molecule has 12 heteroatoms. The molecule has 4 N–H and O–H groups in total. The Kier molecular flexibility index (Phi) is 13.0. The number of amides is 3. The van der Waals surface area contributed by atoms with E-state index in [-0.39, 0.29) is 43.0 Å². The molecule has 4 rings (SSSR count). The summed E-state index contributed by atoms with van der Waals surface area (Å²) in [7, 11) is 1.51. The van der Waals surface area contributed by atoms with Crippen molar-refractivity contribution in [2.45, 2.75) is 111 Å². The van der Waals surface area contributed by atoms with Gasteiger partial charge >= 0.3 is 5.97 Å². The monoisotopic (exact) mass is 725 g/mol. The Morgan fingerprint density at radius 1 is 1.00 bits per heavy atom. The zero-order valence-corrected chi connectivity index (χ0v) is 31.5. The highest BCUT2D eigenvalue weighted by Crippen LogP contribution is 2.45. The number of esters is 1. The van der Waals surface area contributed by atoms with E-state index in [0.717, 1.165) is 11.1 Å². The van der Waals surface area contributed by atoms with Crippen LogP contribution in [0.5, 0.6) is 5.75 Å². The summed E-state index contributed by atoms with van der Waals surface area (Å²) in [6.07, 6.45) is 2.37. The van der Waals surface area contributed by atoms with Gasteiger partial charge in [-0.25, -0.2) is 4.79 Å². The number of ether oxygens (including phenoxy) is 3. The molecule has 2 aliphatic rings. The molecule has 2 aromatic carbocycles. The predicted octanol–water partition coefficient (Wildman–Crippen LogP) is 4.97. The van der Waals surface area contributed by atoms with Gasteiger partial charge in [-0.3, -0.25) is 14.4 Å². The maximum absolute atomic E-state index is 13.9. The van der Waals surface area contributed by atoms with Crippen LogP contribution in [0.2, 0.25) is 5.02 Å². The fourth-order valence-corrected chi connectivity index (χ4v) is 6.35. The number of carbonyl (C=O) groups excluding carboxylic acids is 4. The van der Waals surface area contributed by atoms with Gasteiger partial charge in [-0.05, 0) is 67.5 Å². The minimum absolute atomic E-state index is 0.0623. The Balaban J connectivity index is 1.65. The Labute approximate surface area is 305 Å². The largest absolute Gasteiger partial charge is 0.495 e. The predicted molar refractivity (Wildman–Crippen MR) is 194 cm³/mol. The average Bonchev–Trinajstić information content (AvgIpc) is 3.87. The smallest absolute Gasteiger partial charge is 0.328 e. The Bertz CT molecular complexity index is 1600. The second kappa shape index (κ2) is 16.6. The molecular formula is C39H52ClN3O8. The van der Waals surface area contributed by atoms with Crippen LogP contribution < -0.4 is 20.7 Å². The summed E-state index contributed by atoms with van der Waals surface area (Å²) >= 11 is 6.36. The number of hydrogen-bond donors (Lipinski definition) is 4. The van der Waals surface area contributed by atoms with Gasteiger partial charge < -0.3 is 35.3 Å². The summed E-state index contributed by atoms with van der Waals surface area (Å²) in [5, 5.41) is 18.4. The van der Waals surface area contributed by atoms with E-state index in [0.29, 0.717) is 22.8 Å². The molecule has 1 fully saturated rings. The second-order valence-electron chi connectivity index (χ2n) is 15.4. The molecule has 1 saturated heterocycles. The van der Waals surface area contributed by atoms with Gasteiger partial charge in [0.05, 0.1) is 30.3 Å². The first kappa shape index (κ1) is 39.8. The van der Waals surface area contributed by atoms with Gasteiger partial charge in [0.15, 0.2) is 0 Å². The highest BCUT2D eigenvalue weighted by atomic mass is 35.5. The Morgan fingerprint density at radius 2 is 1.67 bits per heavy atom. The molecular weight excluding hydrogens is 674 g/mol. The molecule has 0 bridgehead atoms. The van der Waals surface area contributed by atoms with Crippen molar-refractivity contribution >= 4 is 35.3 Å². The molecule has 0 radical (unpaired) electrons. The van der Waals surface area contributed by atoms with Gasteiger partial charge in [0.1, 0.15) is 30.0 Å². The van der Waals surface area contributed by atoms with E-state index in [9.17, 15) is 24.3 Å². The van der Waals surface area contributed by atoms with E-state index in [1.807, 2.05) is 52.0 Å². The number of carbonyl (C=O) groups is 4. The van der Waals surface area contributed by atoms with Crippen molar-refractivity contribution in [1.82, 2.24) is 16.0 Å². The number of nitrogens with one attached hydrogen (secondary N) is 3. The lowest BCUT2D eigenvalue weighted by molar-refractivity contribution is -0.157. The summed E-state index contributed by atoms with van der Waals surface area (Å²) < 4.78 is 17.5. The van der Waals surface area contributed by atoms with E-state index in [4.69, 9.17) is 25.8 Å². The molecule has 0 unspecified atom stereocenters. The minimum Gasteiger partial charge on any atom is -0.495 e. The summed E-state index contributed by atoms with van der Waals surface area (Å²) in [5.41, 5.74) is 0.921. The van der Waals surface area contributed by atoms with Crippen molar-refractivity contribution in [1.29, 1.82) is 0 Å². The van der Waals surface area contributed by atoms with Gasteiger partial charge in [0.2, 0.25) is 17.7 Å². The third kappa shape index (κ3) is 10.6. The highest BCUT2D eigenvalue weighted by molar-refractivity contribution is 6.32. The van der Waals surface area contributed by atoms with Crippen molar-refractivity contribution in [2.75, 3.05) is 7.11 Å². The average molecular weight is 726 g/mol. The maximum atomic E-state index is 13.9. The quantitative estimate of drug-likeness (QED) is 0.220. The normalized spacial score (nSPS) is 27.3. The topological polar surface area (TPSA) is 156 Å². The van der Waals surface area contributed by atoms with Crippen molar-refractivity contribution in [2.24, 2.45) is 16.7 Å². The number of methoxy groups -OCH3 is 1. The molecule has 2 heterocycles. The lowest BCUT2D eigenvalue weighted by Gasteiger charge is -2.35. The Hall–Kier alpha value is -3.93. The van der Waals surface area contributed by atoms with Gasteiger partial charge in [0, 0.05) is 24.8 Å². The van der Waals surface area contributed by atoms with Crippen molar-refractivity contribution in [3.8, 4) is 5.75 Å². The summed E-state index contributed by atoms with van der Waals surface area (Å²) in [4.78, 5) is 54.8. The highest BCUT2D eigenvalue weighted by Gasteiger charge is 2.48. The minimum atomic E-state index is -1.16. The van der Waals surface area contributed by atoms with Crippen LogP contribution in [0.4, 0.5) is 0 Å². The first-order chi connectivity index (χ1) is 23.9. The summed E-state index contributed by atoms with van der Waals surface area (Å²) in [6.45, 7) is 12.9. The lowest BCUT2D eigenvalue weighted by atomic mass is 9.82. The SMILES string of the molecule is COc1ccc(C[C@H]2NC(=O)/C=C\C[C@@H]([C@H](C)[C@H]3O[C@@H]3c3ccc(CO)cc3)OC(=O)[C@H](CC(C)(C)C)NC(=O)C(C)(C)[C@H](C)NC2=O)cc1Cl. The summed E-state index contributed by atoms with van der Waals surface area (Å²) in [5.74, 6) is -1.82. The Morgan fingerprint density at radius 3 is 2.27 bits per heavy atom. The molecule has 0 saturated carbocycles. The van der Waals surface area contributed by atoms with Crippen LogP contribution >= 0.6 is 11.6 Å². The number of aliphatic hydroxyl groups excluding tert-OH is 1. The zero-order chi connectivity index (χ0) is 37.7.